The topological polar surface area (TPSA) is 66.2 Å². The number of nitrogens with one attached hydrogen (secondary N) is 1. The molecule has 3 aromatic rings. The maximum absolute atomic E-state index is 9.80. The zero-order valence-electron chi connectivity index (χ0n) is 21.2. The molecule has 0 aliphatic carbocycles. The fourth-order valence-corrected chi connectivity index (χ4v) is 5.81. The second-order valence-corrected chi connectivity index (χ2v) is 10.4. The van der Waals surface area contributed by atoms with Crippen LogP contribution in [0.4, 0.5) is 5.82 Å². The highest BCUT2D eigenvalue weighted by molar-refractivity contribution is 5.47. The second kappa shape index (κ2) is 10.9. The van der Waals surface area contributed by atoms with E-state index in [0.29, 0.717) is 5.92 Å². The highest BCUT2D eigenvalue weighted by atomic mass is 16.3. The number of aliphatic hydroxyl groups excluding tert-OH is 1. The van der Waals surface area contributed by atoms with Crippen LogP contribution in [-0.2, 0) is 12.8 Å². The van der Waals surface area contributed by atoms with Crippen molar-refractivity contribution in [2.45, 2.75) is 58.3 Å². The molecule has 2 aromatic heterocycles. The molecule has 0 radical (unpaired) electrons. The van der Waals surface area contributed by atoms with Gasteiger partial charge in [0.1, 0.15) is 5.82 Å². The molecule has 4 heterocycles. The number of rotatable bonds is 9. The average Bonchev–Trinajstić information content (AvgIpc) is 3.47. The molecule has 0 amide bonds. The fraction of sp³-hybridized carbons (Fsp3) is 0.517. The predicted molar refractivity (Wildman–Crippen MR) is 141 cm³/mol. The van der Waals surface area contributed by atoms with Crippen LogP contribution in [0, 0.1) is 19.8 Å². The minimum atomic E-state index is 0.212. The molecule has 5 rings (SSSR count). The Hall–Kier alpha value is -2.70. The van der Waals surface area contributed by atoms with Crippen LogP contribution in [0.15, 0.2) is 42.5 Å². The summed E-state index contributed by atoms with van der Waals surface area (Å²) in [4.78, 5) is 7.49. The largest absolute Gasteiger partial charge is 0.396 e. The normalized spacial score (nSPS) is 18.9. The van der Waals surface area contributed by atoms with Crippen LogP contribution < -0.4 is 5.32 Å². The zero-order chi connectivity index (χ0) is 24.2. The number of anilines is 1. The van der Waals surface area contributed by atoms with E-state index in [-0.39, 0.29) is 6.61 Å². The third kappa shape index (κ3) is 5.76. The van der Waals surface area contributed by atoms with Crippen molar-refractivity contribution in [2.75, 3.05) is 38.1 Å². The van der Waals surface area contributed by atoms with E-state index >= 15 is 0 Å². The third-order valence-electron chi connectivity index (χ3n) is 7.68. The maximum atomic E-state index is 9.80. The predicted octanol–water partition coefficient (Wildman–Crippen LogP) is 4.66. The molecule has 0 bridgehead atoms. The Morgan fingerprint density at radius 2 is 2.09 bits per heavy atom. The van der Waals surface area contributed by atoms with Crippen molar-refractivity contribution in [1.29, 1.82) is 0 Å². The van der Waals surface area contributed by atoms with Crippen molar-refractivity contribution in [3.8, 4) is 5.69 Å². The van der Waals surface area contributed by atoms with Crippen molar-refractivity contribution in [3.63, 3.8) is 0 Å². The van der Waals surface area contributed by atoms with Crippen LogP contribution in [0.5, 0.6) is 0 Å². The van der Waals surface area contributed by atoms with Crippen molar-refractivity contribution in [1.82, 2.24) is 19.7 Å². The van der Waals surface area contributed by atoms with Gasteiger partial charge in [0.25, 0.3) is 0 Å². The van der Waals surface area contributed by atoms with Crippen LogP contribution in [0.25, 0.3) is 5.69 Å². The van der Waals surface area contributed by atoms with Gasteiger partial charge in [0.15, 0.2) is 0 Å². The lowest BCUT2D eigenvalue weighted by molar-refractivity contribution is 0.242. The molecule has 6 heteroatoms. The number of likely N-dealkylation sites (tertiary alicyclic amines) is 1. The second-order valence-electron chi connectivity index (χ2n) is 10.4. The van der Waals surface area contributed by atoms with E-state index in [0.717, 1.165) is 74.3 Å². The van der Waals surface area contributed by atoms with E-state index < -0.39 is 0 Å². The van der Waals surface area contributed by atoms with Gasteiger partial charge in [-0.25, -0.2) is 9.67 Å². The number of nitrogens with zero attached hydrogens (tertiary/aromatic N) is 4. The van der Waals surface area contributed by atoms with Crippen molar-refractivity contribution < 1.29 is 5.11 Å². The van der Waals surface area contributed by atoms with Gasteiger partial charge >= 0.3 is 0 Å². The zero-order valence-corrected chi connectivity index (χ0v) is 21.2. The van der Waals surface area contributed by atoms with E-state index in [1.807, 2.05) is 11.6 Å². The molecule has 1 fully saturated rings. The number of pyridine rings is 1. The van der Waals surface area contributed by atoms with E-state index in [1.54, 1.807) is 0 Å². The number of hydrogen-bond acceptors (Lipinski definition) is 5. The first kappa shape index (κ1) is 24.0. The molecule has 2 aliphatic heterocycles. The minimum absolute atomic E-state index is 0.212. The number of hydrogen-bond donors (Lipinski definition) is 2. The summed E-state index contributed by atoms with van der Waals surface area (Å²) in [5.41, 5.74) is 7.15. The first-order chi connectivity index (χ1) is 17.1. The minimum Gasteiger partial charge on any atom is -0.396 e. The smallest absolute Gasteiger partial charge is 0.129 e. The lowest BCUT2D eigenvalue weighted by Crippen LogP contribution is -2.27. The number of fused-ring (bicyclic) bond motifs is 1. The summed E-state index contributed by atoms with van der Waals surface area (Å²) in [6, 6.07) is 15.3. The Labute approximate surface area is 209 Å². The van der Waals surface area contributed by atoms with Crippen molar-refractivity contribution >= 4 is 5.82 Å². The Morgan fingerprint density at radius 1 is 1.17 bits per heavy atom. The van der Waals surface area contributed by atoms with Crippen molar-refractivity contribution in [3.05, 3.63) is 70.7 Å². The molecule has 1 saturated heterocycles. The van der Waals surface area contributed by atoms with Gasteiger partial charge in [0.2, 0.25) is 0 Å². The lowest BCUT2D eigenvalue weighted by atomic mass is 9.95. The van der Waals surface area contributed by atoms with Gasteiger partial charge in [-0.1, -0.05) is 18.2 Å². The van der Waals surface area contributed by atoms with Gasteiger partial charge in [-0.2, -0.15) is 5.10 Å². The van der Waals surface area contributed by atoms with Crippen molar-refractivity contribution in [2.24, 2.45) is 5.92 Å². The standard InChI is InChI=1S/C29H39N5O/c1-21-17-22(2)34(32-21)28-7-3-5-25(18-28)26(13-16-35)20-33-15-12-23(19-33)8-10-27-11-9-24-6-4-14-30-29(24)31-27/h3,5,7,9,11,17-18,23,26,35H,4,6,8,10,12-16,19-20H2,1-2H3,(H,30,31). The highest BCUT2D eigenvalue weighted by Crippen LogP contribution is 2.28. The van der Waals surface area contributed by atoms with Gasteiger partial charge in [-0.3, -0.25) is 0 Å². The molecule has 2 N–H and O–H groups in total. The Balaban J connectivity index is 1.19. The molecule has 1 aromatic carbocycles. The van der Waals surface area contributed by atoms with Gasteiger partial charge in [0, 0.05) is 37.6 Å². The molecule has 6 nitrogen and oxygen atoms in total. The number of aryl methyl sites for hydroxylation is 4. The first-order valence-corrected chi connectivity index (χ1v) is 13.3. The Kier molecular flexibility index (Phi) is 7.49. The average molecular weight is 474 g/mol. The summed E-state index contributed by atoms with van der Waals surface area (Å²) in [5, 5.41) is 17.9. The van der Waals surface area contributed by atoms with Gasteiger partial charge in [-0.05, 0) is 106 Å². The molecular formula is C29H39N5O. The summed E-state index contributed by atoms with van der Waals surface area (Å²) in [7, 11) is 0. The summed E-state index contributed by atoms with van der Waals surface area (Å²) < 4.78 is 2.02. The van der Waals surface area contributed by atoms with E-state index in [1.165, 1.54) is 36.1 Å². The molecule has 2 atom stereocenters. The Bertz CT molecular complexity index is 1140. The molecule has 0 spiro atoms. The lowest BCUT2D eigenvalue weighted by Gasteiger charge is -2.24. The Morgan fingerprint density at radius 3 is 2.91 bits per heavy atom. The molecule has 0 saturated carbocycles. The fourth-order valence-electron chi connectivity index (χ4n) is 5.81. The van der Waals surface area contributed by atoms with Gasteiger partial charge in [0.05, 0.1) is 11.4 Å². The molecular weight excluding hydrogens is 434 g/mol. The van der Waals surface area contributed by atoms with E-state index in [4.69, 9.17) is 4.98 Å². The third-order valence-corrected chi connectivity index (χ3v) is 7.68. The van der Waals surface area contributed by atoms with E-state index in [2.05, 4.69) is 64.7 Å². The molecule has 2 aliphatic rings. The van der Waals surface area contributed by atoms with Gasteiger partial charge in [-0.15, -0.1) is 0 Å². The van der Waals surface area contributed by atoms with Crippen LogP contribution >= 0.6 is 0 Å². The molecule has 2 unspecified atom stereocenters. The summed E-state index contributed by atoms with van der Waals surface area (Å²) in [6.45, 7) is 8.66. The molecule has 186 valence electrons. The summed E-state index contributed by atoms with van der Waals surface area (Å²) in [6.07, 6.45) is 6.63. The van der Waals surface area contributed by atoms with Crippen LogP contribution in [-0.4, -0.2) is 57.6 Å². The van der Waals surface area contributed by atoms with Crippen LogP contribution in [0.3, 0.4) is 0 Å². The number of aliphatic hydroxyl groups is 1. The maximum Gasteiger partial charge on any atom is 0.129 e. The van der Waals surface area contributed by atoms with Crippen LogP contribution in [0.1, 0.15) is 59.8 Å². The number of benzene rings is 1. The SMILES string of the molecule is Cc1cc(C)n(-c2cccc(C(CCO)CN3CCC(CCc4ccc5c(n4)NCCC5)C3)c2)n1. The number of aromatic nitrogens is 3. The van der Waals surface area contributed by atoms with Crippen LogP contribution in [0.2, 0.25) is 0 Å². The molecule has 35 heavy (non-hydrogen) atoms. The first-order valence-electron chi connectivity index (χ1n) is 13.3. The quantitative estimate of drug-likeness (QED) is 0.473. The summed E-state index contributed by atoms with van der Waals surface area (Å²) in [5.74, 6) is 2.15. The van der Waals surface area contributed by atoms with Gasteiger partial charge < -0.3 is 15.3 Å². The monoisotopic (exact) mass is 473 g/mol. The van der Waals surface area contributed by atoms with E-state index in [9.17, 15) is 5.11 Å². The summed E-state index contributed by atoms with van der Waals surface area (Å²) >= 11 is 0. The highest BCUT2D eigenvalue weighted by Gasteiger charge is 2.25.